The molecule has 0 saturated carbocycles. The van der Waals surface area contributed by atoms with Gasteiger partial charge in [0.2, 0.25) is 0 Å². The zero-order valence-corrected chi connectivity index (χ0v) is 11.5. The number of anilines is 1. The Morgan fingerprint density at radius 2 is 1.80 bits per heavy atom. The lowest BCUT2D eigenvalue weighted by Crippen LogP contribution is -2.02. The molecule has 0 bridgehead atoms. The van der Waals surface area contributed by atoms with Gasteiger partial charge in [-0.05, 0) is 36.4 Å². The second-order valence-corrected chi connectivity index (χ2v) is 4.90. The minimum atomic E-state index is 0.380. The zero-order chi connectivity index (χ0) is 13.9. The van der Waals surface area contributed by atoms with Gasteiger partial charge >= 0.3 is 0 Å². The van der Waals surface area contributed by atoms with Crippen LogP contribution in [0.2, 0.25) is 5.02 Å². The van der Waals surface area contributed by atoms with Crippen LogP contribution < -0.4 is 10.5 Å². The molecule has 1 heterocycles. The summed E-state index contributed by atoms with van der Waals surface area (Å²) < 4.78 is 5.70. The van der Waals surface area contributed by atoms with Gasteiger partial charge in [-0.3, -0.25) is 0 Å². The summed E-state index contributed by atoms with van der Waals surface area (Å²) in [5.74, 6) is 1.25. The molecule has 0 aliphatic carbocycles. The van der Waals surface area contributed by atoms with E-state index in [4.69, 9.17) is 22.1 Å². The van der Waals surface area contributed by atoms with Gasteiger partial charge in [0.1, 0.15) is 18.2 Å². The van der Waals surface area contributed by atoms with Crippen LogP contribution in [0.4, 0.5) is 5.82 Å². The molecular formula is C16H13ClN2O. The summed E-state index contributed by atoms with van der Waals surface area (Å²) in [5, 5.41) is 1.74. The third kappa shape index (κ3) is 2.68. The number of nitrogens with two attached hydrogens (primary N) is 1. The van der Waals surface area contributed by atoms with Gasteiger partial charge in [-0.15, -0.1) is 0 Å². The van der Waals surface area contributed by atoms with Gasteiger partial charge in [0.15, 0.2) is 0 Å². The van der Waals surface area contributed by atoms with Gasteiger partial charge in [-0.25, -0.2) is 4.98 Å². The van der Waals surface area contributed by atoms with Crippen molar-refractivity contribution >= 4 is 28.3 Å². The Balaban J connectivity index is 1.83. The van der Waals surface area contributed by atoms with Crippen molar-refractivity contribution in [3.05, 3.63) is 65.2 Å². The van der Waals surface area contributed by atoms with Crippen molar-refractivity contribution < 1.29 is 4.74 Å². The van der Waals surface area contributed by atoms with Crippen LogP contribution in [0.15, 0.2) is 54.6 Å². The van der Waals surface area contributed by atoms with Crippen molar-refractivity contribution in [2.75, 3.05) is 5.73 Å². The predicted molar refractivity (Wildman–Crippen MR) is 81.9 cm³/mol. The number of nitrogens with zero attached hydrogens (tertiary/aromatic N) is 1. The van der Waals surface area contributed by atoms with Gasteiger partial charge in [0.05, 0.1) is 5.52 Å². The molecule has 2 N–H and O–H groups in total. The molecule has 0 spiro atoms. The first-order valence-electron chi connectivity index (χ1n) is 6.25. The fourth-order valence-corrected chi connectivity index (χ4v) is 2.11. The highest BCUT2D eigenvalue weighted by Gasteiger charge is 2.05. The first-order chi connectivity index (χ1) is 9.72. The summed E-state index contributed by atoms with van der Waals surface area (Å²) >= 11 is 5.83. The molecule has 20 heavy (non-hydrogen) atoms. The summed E-state index contributed by atoms with van der Waals surface area (Å²) in [5.41, 5.74) is 7.73. The average molecular weight is 285 g/mol. The Kier molecular flexibility index (Phi) is 3.44. The predicted octanol–water partition coefficient (Wildman–Crippen LogP) is 4.05. The van der Waals surface area contributed by atoms with Crippen molar-refractivity contribution in [2.24, 2.45) is 0 Å². The number of hydrogen-bond donors (Lipinski definition) is 1. The lowest BCUT2D eigenvalue weighted by Gasteiger charge is -2.09. The lowest BCUT2D eigenvalue weighted by molar-refractivity contribution is 0.307. The minimum absolute atomic E-state index is 0.380. The number of halogens is 1. The molecule has 100 valence electrons. The normalized spacial score (nSPS) is 10.7. The summed E-state index contributed by atoms with van der Waals surface area (Å²) in [7, 11) is 0. The fourth-order valence-electron chi connectivity index (χ4n) is 1.98. The van der Waals surface area contributed by atoms with E-state index in [0.717, 1.165) is 22.2 Å². The number of nitrogen functional groups attached to an aromatic ring is 1. The minimum Gasteiger partial charge on any atom is -0.489 e. The number of hydrogen-bond acceptors (Lipinski definition) is 3. The molecule has 0 aliphatic rings. The average Bonchev–Trinajstić information content (AvgIpc) is 2.47. The first-order valence-corrected chi connectivity index (χ1v) is 6.63. The molecule has 0 radical (unpaired) electrons. The van der Waals surface area contributed by atoms with Crippen LogP contribution in [-0.4, -0.2) is 4.98 Å². The largest absolute Gasteiger partial charge is 0.489 e. The Morgan fingerprint density at radius 3 is 2.60 bits per heavy atom. The number of pyridine rings is 1. The van der Waals surface area contributed by atoms with E-state index in [1.807, 2.05) is 42.5 Å². The van der Waals surface area contributed by atoms with E-state index in [9.17, 15) is 0 Å². The molecule has 1 aromatic heterocycles. The van der Waals surface area contributed by atoms with E-state index in [-0.39, 0.29) is 0 Å². The standard InChI is InChI=1S/C16H13ClN2O/c17-13-5-7-14(8-6-13)20-10-12-9-11-3-1-2-4-15(11)19-16(12)18/h1-9H,10H2,(H2,18,19). The molecule has 3 rings (SSSR count). The molecule has 0 aliphatic heterocycles. The van der Waals surface area contributed by atoms with Crippen molar-refractivity contribution in [1.82, 2.24) is 4.98 Å². The second kappa shape index (κ2) is 5.39. The molecule has 3 aromatic rings. The van der Waals surface area contributed by atoms with E-state index < -0.39 is 0 Å². The third-order valence-electron chi connectivity index (χ3n) is 3.04. The second-order valence-electron chi connectivity index (χ2n) is 4.47. The van der Waals surface area contributed by atoms with Gasteiger partial charge < -0.3 is 10.5 Å². The van der Waals surface area contributed by atoms with Crippen LogP contribution >= 0.6 is 11.6 Å². The molecular weight excluding hydrogens is 272 g/mol. The Labute approximate surface area is 122 Å². The lowest BCUT2D eigenvalue weighted by atomic mass is 10.1. The Bertz CT molecular complexity index is 741. The van der Waals surface area contributed by atoms with Crippen LogP contribution in [0.25, 0.3) is 10.9 Å². The van der Waals surface area contributed by atoms with Gasteiger partial charge in [0, 0.05) is 16.0 Å². The summed E-state index contributed by atoms with van der Waals surface area (Å²) in [6.07, 6.45) is 0. The number of para-hydroxylation sites is 1. The summed E-state index contributed by atoms with van der Waals surface area (Å²) in [6, 6.07) is 17.1. The van der Waals surface area contributed by atoms with Crippen LogP contribution in [0, 0.1) is 0 Å². The third-order valence-corrected chi connectivity index (χ3v) is 3.30. The Hall–Kier alpha value is -2.26. The molecule has 0 fully saturated rings. The van der Waals surface area contributed by atoms with Gasteiger partial charge in [-0.2, -0.15) is 0 Å². The van der Waals surface area contributed by atoms with Gasteiger partial charge in [0.25, 0.3) is 0 Å². The number of rotatable bonds is 3. The molecule has 2 aromatic carbocycles. The molecule has 3 nitrogen and oxygen atoms in total. The maximum Gasteiger partial charge on any atom is 0.130 e. The highest BCUT2D eigenvalue weighted by molar-refractivity contribution is 6.30. The SMILES string of the molecule is Nc1nc2ccccc2cc1COc1ccc(Cl)cc1. The molecule has 0 unspecified atom stereocenters. The van der Waals surface area contributed by atoms with Crippen LogP contribution in [0.5, 0.6) is 5.75 Å². The summed E-state index contributed by atoms with van der Waals surface area (Å²) in [6.45, 7) is 0.380. The van der Waals surface area contributed by atoms with E-state index in [1.54, 1.807) is 12.1 Å². The molecule has 0 saturated heterocycles. The van der Waals surface area contributed by atoms with E-state index in [2.05, 4.69) is 4.98 Å². The number of ether oxygens (including phenoxy) is 1. The van der Waals surface area contributed by atoms with Crippen molar-refractivity contribution in [3.63, 3.8) is 0 Å². The van der Waals surface area contributed by atoms with E-state index >= 15 is 0 Å². The monoisotopic (exact) mass is 284 g/mol. The van der Waals surface area contributed by atoms with E-state index in [0.29, 0.717) is 17.4 Å². The zero-order valence-electron chi connectivity index (χ0n) is 10.7. The highest BCUT2D eigenvalue weighted by atomic mass is 35.5. The Morgan fingerprint density at radius 1 is 1.05 bits per heavy atom. The molecule has 4 heteroatoms. The topological polar surface area (TPSA) is 48.1 Å². The van der Waals surface area contributed by atoms with Crippen LogP contribution in [-0.2, 0) is 6.61 Å². The van der Waals surface area contributed by atoms with Gasteiger partial charge in [-0.1, -0.05) is 29.8 Å². The number of fused-ring (bicyclic) bond motifs is 1. The fraction of sp³-hybridized carbons (Fsp3) is 0.0625. The first kappa shape index (κ1) is 12.8. The van der Waals surface area contributed by atoms with Crippen molar-refractivity contribution in [1.29, 1.82) is 0 Å². The number of benzene rings is 2. The van der Waals surface area contributed by atoms with E-state index in [1.165, 1.54) is 0 Å². The van der Waals surface area contributed by atoms with Crippen LogP contribution in [0.1, 0.15) is 5.56 Å². The van der Waals surface area contributed by atoms with Crippen molar-refractivity contribution in [3.8, 4) is 5.75 Å². The maximum atomic E-state index is 5.96. The maximum absolute atomic E-state index is 5.96. The molecule has 0 atom stereocenters. The molecule has 0 amide bonds. The van der Waals surface area contributed by atoms with Crippen LogP contribution in [0.3, 0.4) is 0 Å². The quantitative estimate of drug-likeness (QED) is 0.789. The van der Waals surface area contributed by atoms with Crippen molar-refractivity contribution in [2.45, 2.75) is 6.61 Å². The number of aromatic nitrogens is 1. The summed E-state index contributed by atoms with van der Waals surface area (Å²) in [4.78, 5) is 4.38. The smallest absolute Gasteiger partial charge is 0.130 e. The highest BCUT2D eigenvalue weighted by Crippen LogP contribution is 2.21.